The van der Waals surface area contributed by atoms with Crippen molar-refractivity contribution in [1.82, 2.24) is 0 Å². The van der Waals surface area contributed by atoms with E-state index in [-0.39, 0.29) is 0 Å². The summed E-state index contributed by atoms with van der Waals surface area (Å²) in [5, 5.41) is 0. The molecule has 0 spiro atoms. The summed E-state index contributed by atoms with van der Waals surface area (Å²) in [5.41, 5.74) is 3.35. The molecule has 0 atom stereocenters. The second kappa shape index (κ2) is 1.93. The van der Waals surface area contributed by atoms with Gasteiger partial charge in [0.15, 0.2) is 0 Å². The van der Waals surface area contributed by atoms with E-state index in [4.69, 9.17) is 0 Å². The van der Waals surface area contributed by atoms with E-state index >= 15 is 0 Å². The first kappa shape index (κ1) is 5.87. The number of hydrogen-bond acceptors (Lipinski definition) is 0. The molecule has 0 bridgehead atoms. The Morgan fingerprint density at radius 3 is 2.12 bits per heavy atom. The monoisotopic (exact) mass is 110 g/mol. The molecule has 46 valence electrons. The quantitative estimate of drug-likeness (QED) is 0.479. The molecule has 0 N–H and O–H groups in total. The van der Waals surface area contributed by atoms with E-state index in [0.717, 1.165) is 5.92 Å². The first-order chi connectivity index (χ1) is 3.70. The van der Waals surface area contributed by atoms with Crippen molar-refractivity contribution in [3.8, 4) is 0 Å². The Kier molecular flexibility index (Phi) is 1.41. The third kappa shape index (κ3) is 1.36. The molecule has 0 saturated carbocycles. The van der Waals surface area contributed by atoms with Crippen LogP contribution < -0.4 is 0 Å². The van der Waals surface area contributed by atoms with E-state index in [1.54, 1.807) is 11.1 Å². The van der Waals surface area contributed by atoms with E-state index in [0.29, 0.717) is 0 Å². The highest BCUT2D eigenvalue weighted by Crippen LogP contribution is 2.34. The summed E-state index contributed by atoms with van der Waals surface area (Å²) in [7, 11) is 0. The zero-order valence-electron chi connectivity index (χ0n) is 5.99. The van der Waals surface area contributed by atoms with Gasteiger partial charge in [-0.2, -0.15) is 0 Å². The van der Waals surface area contributed by atoms with Crippen LogP contribution in [0, 0.1) is 5.92 Å². The lowest BCUT2D eigenvalue weighted by Crippen LogP contribution is -1.82. The molecule has 1 aliphatic rings. The Morgan fingerprint density at radius 2 is 2.00 bits per heavy atom. The van der Waals surface area contributed by atoms with E-state index in [1.165, 1.54) is 12.8 Å². The molecule has 0 heterocycles. The molecule has 0 unspecified atom stereocenters. The summed E-state index contributed by atoms with van der Waals surface area (Å²) in [6, 6.07) is 0. The van der Waals surface area contributed by atoms with Gasteiger partial charge < -0.3 is 0 Å². The van der Waals surface area contributed by atoms with E-state index in [1.807, 2.05) is 0 Å². The van der Waals surface area contributed by atoms with Crippen LogP contribution in [0.2, 0.25) is 0 Å². The predicted octanol–water partition coefficient (Wildman–Crippen LogP) is 2.75. The minimum absolute atomic E-state index is 0.863. The molecule has 0 heteroatoms. The van der Waals surface area contributed by atoms with Gasteiger partial charge in [0, 0.05) is 0 Å². The lowest BCUT2D eigenvalue weighted by Gasteiger charge is -1.95. The Labute approximate surface area is 51.6 Å². The summed E-state index contributed by atoms with van der Waals surface area (Å²) in [6.07, 6.45) is 2.67. The van der Waals surface area contributed by atoms with Crippen LogP contribution in [-0.4, -0.2) is 0 Å². The second-order valence-electron chi connectivity index (χ2n) is 3.16. The van der Waals surface area contributed by atoms with Gasteiger partial charge in [0.2, 0.25) is 0 Å². The van der Waals surface area contributed by atoms with E-state index < -0.39 is 0 Å². The lowest BCUT2D eigenvalue weighted by atomic mass is 10.1. The molecule has 0 aromatic heterocycles. The Balaban J connectivity index is 2.22. The van der Waals surface area contributed by atoms with Crippen LogP contribution in [0.3, 0.4) is 0 Å². The minimum atomic E-state index is 0.863. The van der Waals surface area contributed by atoms with Gasteiger partial charge in [0.1, 0.15) is 0 Å². The van der Waals surface area contributed by atoms with Crippen molar-refractivity contribution in [2.45, 2.75) is 33.6 Å². The van der Waals surface area contributed by atoms with Crippen LogP contribution in [-0.2, 0) is 0 Å². The van der Waals surface area contributed by atoms with Gasteiger partial charge in [-0.15, -0.1) is 0 Å². The van der Waals surface area contributed by atoms with Gasteiger partial charge in [0.05, 0.1) is 0 Å². The fourth-order valence-corrected chi connectivity index (χ4v) is 1.02. The van der Waals surface area contributed by atoms with Gasteiger partial charge >= 0.3 is 0 Å². The van der Waals surface area contributed by atoms with Crippen molar-refractivity contribution in [2.75, 3.05) is 0 Å². The van der Waals surface area contributed by atoms with Gasteiger partial charge in [0.25, 0.3) is 0 Å². The smallest absolute Gasteiger partial charge is 0.0106 e. The summed E-state index contributed by atoms with van der Waals surface area (Å²) < 4.78 is 0. The van der Waals surface area contributed by atoms with Crippen molar-refractivity contribution in [1.29, 1.82) is 0 Å². The molecule has 0 aromatic carbocycles. The SMILES string of the molecule is CC1=C(CC(C)C)C1. The zero-order chi connectivity index (χ0) is 6.15. The standard InChI is InChI=1S/C8H14/c1-6(2)4-8-5-7(8)3/h6H,4-5H2,1-3H3. The van der Waals surface area contributed by atoms with Crippen molar-refractivity contribution in [3.05, 3.63) is 11.1 Å². The average Bonchev–Trinajstić information content (AvgIpc) is 2.17. The summed E-state index contributed by atoms with van der Waals surface area (Å²) in [6.45, 7) is 6.79. The third-order valence-corrected chi connectivity index (χ3v) is 1.61. The highest BCUT2D eigenvalue weighted by atomic mass is 14.2. The highest BCUT2D eigenvalue weighted by Gasteiger charge is 2.16. The van der Waals surface area contributed by atoms with Gasteiger partial charge in [-0.3, -0.25) is 0 Å². The molecule has 0 radical (unpaired) electrons. The topological polar surface area (TPSA) is 0 Å². The molecular weight excluding hydrogens is 96.1 g/mol. The molecule has 0 aliphatic heterocycles. The molecule has 8 heavy (non-hydrogen) atoms. The summed E-state index contributed by atoms with van der Waals surface area (Å²) in [4.78, 5) is 0. The van der Waals surface area contributed by atoms with E-state index in [9.17, 15) is 0 Å². The van der Waals surface area contributed by atoms with Crippen LogP contribution in [0.4, 0.5) is 0 Å². The predicted molar refractivity (Wildman–Crippen MR) is 36.8 cm³/mol. The zero-order valence-corrected chi connectivity index (χ0v) is 5.99. The molecule has 0 saturated heterocycles. The average molecular weight is 110 g/mol. The van der Waals surface area contributed by atoms with E-state index in [2.05, 4.69) is 20.8 Å². The molecule has 0 amide bonds. The van der Waals surface area contributed by atoms with Crippen molar-refractivity contribution < 1.29 is 0 Å². The van der Waals surface area contributed by atoms with Gasteiger partial charge in [-0.25, -0.2) is 0 Å². The molecule has 0 nitrogen and oxygen atoms in total. The molecular formula is C8H14. The summed E-state index contributed by atoms with van der Waals surface area (Å²) in [5.74, 6) is 0.863. The van der Waals surface area contributed by atoms with Crippen LogP contribution in [0.15, 0.2) is 11.1 Å². The van der Waals surface area contributed by atoms with Gasteiger partial charge in [-0.05, 0) is 25.7 Å². The van der Waals surface area contributed by atoms with Crippen LogP contribution in [0.1, 0.15) is 33.6 Å². The number of rotatable bonds is 2. The minimum Gasteiger partial charge on any atom is -0.0697 e. The largest absolute Gasteiger partial charge is 0.0697 e. The lowest BCUT2D eigenvalue weighted by molar-refractivity contribution is 0.651. The van der Waals surface area contributed by atoms with Crippen molar-refractivity contribution >= 4 is 0 Å². The van der Waals surface area contributed by atoms with Gasteiger partial charge in [-0.1, -0.05) is 25.0 Å². The maximum atomic E-state index is 2.28. The van der Waals surface area contributed by atoms with Crippen molar-refractivity contribution in [2.24, 2.45) is 5.92 Å². The fourth-order valence-electron chi connectivity index (χ4n) is 1.02. The molecule has 1 rings (SSSR count). The van der Waals surface area contributed by atoms with Crippen LogP contribution >= 0.6 is 0 Å². The van der Waals surface area contributed by atoms with Crippen molar-refractivity contribution in [3.63, 3.8) is 0 Å². The first-order valence-electron chi connectivity index (χ1n) is 3.37. The fraction of sp³-hybridized carbons (Fsp3) is 0.750. The maximum absolute atomic E-state index is 2.28. The first-order valence-corrected chi connectivity index (χ1v) is 3.37. The molecule has 1 aliphatic carbocycles. The van der Waals surface area contributed by atoms with Crippen LogP contribution in [0.5, 0.6) is 0 Å². The number of hydrogen-bond donors (Lipinski definition) is 0. The summed E-state index contributed by atoms with van der Waals surface area (Å²) >= 11 is 0. The molecule has 0 fully saturated rings. The Bertz CT molecular complexity index is 118. The normalized spacial score (nSPS) is 18.0. The Hall–Kier alpha value is -0.260. The van der Waals surface area contributed by atoms with Crippen LogP contribution in [0.25, 0.3) is 0 Å². The maximum Gasteiger partial charge on any atom is -0.0106 e. The second-order valence-corrected chi connectivity index (χ2v) is 3.16. The number of allylic oxidation sites excluding steroid dienone is 2. The Morgan fingerprint density at radius 1 is 1.50 bits per heavy atom. The molecule has 0 aromatic rings. The third-order valence-electron chi connectivity index (χ3n) is 1.61. The highest BCUT2D eigenvalue weighted by molar-refractivity contribution is 5.32.